The van der Waals surface area contributed by atoms with Crippen LogP contribution in [0.3, 0.4) is 0 Å². The first-order valence-corrected chi connectivity index (χ1v) is 7.32. The Balaban J connectivity index is 2.23. The Hall–Kier alpha value is -1.75. The number of nitrogens with one attached hydrogen (secondary N) is 2. The van der Waals surface area contributed by atoms with E-state index in [-0.39, 0.29) is 22.6 Å². The maximum Gasteiger partial charge on any atom is 0.420 e. The number of para-hydroxylation sites is 1. The number of halogens is 7. The molecule has 0 aliphatic carbocycles. The normalized spacial score (nSPS) is 13.2. The van der Waals surface area contributed by atoms with E-state index in [4.69, 9.17) is 11.6 Å². The second-order valence-electron chi connectivity index (χ2n) is 4.81. The molecule has 0 fully saturated rings. The van der Waals surface area contributed by atoms with Crippen molar-refractivity contribution in [1.29, 1.82) is 0 Å². The van der Waals surface area contributed by atoms with Gasteiger partial charge >= 0.3 is 18.4 Å². The topological polar surface area (TPSA) is 54.0 Å². The molecule has 0 unspecified atom stereocenters. The summed E-state index contributed by atoms with van der Waals surface area (Å²) in [6, 6.07) is 2.97. The van der Waals surface area contributed by atoms with Gasteiger partial charge in [0.2, 0.25) is 5.54 Å². The van der Waals surface area contributed by atoms with Crippen molar-refractivity contribution in [2.45, 2.75) is 24.8 Å². The zero-order valence-corrected chi connectivity index (χ0v) is 13.2. The van der Waals surface area contributed by atoms with Crippen LogP contribution in [-0.4, -0.2) is 28.9 Å². The van der Waals surface area contributed by atoms with Crippen LogP contribution in [0.5, 0.6) is 0 Å². The van der Waals surface area contributed by atoms with E-state index in [1.807, 2.05) is 5.32 Å². The maximum atomic E-state index is 12.7. The van der Waals surface area contributed by atoms with Crippen LogP contribution in [0, 0.1) is 0 Å². The number of rotatable bonds is 2. The van der Waals surface area contributed by atoms with Gasteiger partial charge in [-0.15, -0.1) is 0 Å². The molecule has 0 atom stereocenters. The maximum absolute atomic E-state index is 12.7. The standard InChI is InChI=1S/C12H8ClF6N3OS/c1-10(11(14,15)16,12(17,18)19)22-8(23)21-9-20-7-5(13)3-2-4-6(7)24-9/h2-4H,1H3,(H2,20,21,22,23). The van der Waals surface area contributed by atoms with Gasteiger partial charge in [-0.25, -0.2) is 9.78 Å². The Morgan fingerprint density at radius 1 is 1.17 bits per heavy atom. The van der Waals surface area contributed by atoms with E-state index in [1.165, 1.54) is 6.07 Å². The largest absolute Gasteiger partial charge is 0.420 e. The summed E-state index contributed by atoms with van der Waals surface area (Å²) < 4.78 is 76.9. The SMILES string of the molecule is CC(NC(=O)Nc1nc2c(Cl)cccc2s1)(C(F)(F)F)C(F)(F)F. The van der Waals surface area contributed by atoms with Crippen LogP contribution in [0.25, 0.3) is 10.2 Å². The van der Waals surface area contributed by atoms with Gasteiger partial charge in [-0.1, -0.05) is 29.0 Å². The summed E-state index contributed by atoms with van der Waals surface area (Å²) in [7, 11) is 0. The van der Waals surface area contributed by atoms with Crippen molar-refractivity contribution in [3.05, 3.63) is 23.2 Å². The van der Waals surface area contributed by atoms with Crippen LogP contribution in [0.1, 0.15) is 6.92 Å². The van der Waals surface area contributed by atoms with Gasteiger partial charge in [0.1, 0.15) is 5.52 Å². The van der Waals surface area contributed by atoms with Gasteiger partial charge in [0.05, 0.1) is 9.72 Å². The number of carbonyl (C=O) groups excluding carboxylic acids is 1. The molecule has 2 rings (SSSR count). The van der Waals surface area contributed by atoms with Crippen molar-refractivity contribution in [2.75, 3.05) is 5.32 Å². The highest BCUT2D eigenvalue weighted by Crippen LogP contribution is 2.42. The quantitative estimate of drug-likeness (QED) is 0.711. The monoisotopic (exact) mass is 391 g/mol. The number of aromatic nitrogens is 1. The van der Waals surface area contributed by atoms with Gasteiger partial charge in [0.15, 0.2) is 5.13 Å². The van der Waals surface area contributed by atoms with Gasteiger partial charge in [-0.05, 0) is 19.1 Å². The summed E-state index contributed by atoms with van der Waals surface area (Å²) in [5.41, 5.74) is -4.13. The fourth-order valence-electron chi connectivity index (χ4n) is 1.63. The van der Waals surface area contributed by atoms with Gasteiger partial charge in [-0.2, -0.15) is 26.3 Å². The number of carbonyl (C=O) groups is 1. The van der Waals surface area contributed by atoms with Crippen LogP contribution < -0.4 is 10.6 Å². The van der Waals surface area contributed by atoms with Crippen LogP contribution >= 0.6 is 22.9 Å². The van der Waals surface area contributed by atoms with Crippen LogP contribution in [0.4, 0.5) is 36.3 Å². The molecule has 2 N–H and O–H groups in total. The lowest BCUT2D eigenvalue weighted by Crippen LogP contribution is -2.66. The molecule has 2 aromatic rings. The van der Waals surface area contributed by atoms with Crippen LogP contribution in [0.2, 0.25) is 5.02 Å². The predicted molar refractivity (Wildman–Crippen MR) is 77.3 cm³/mol. The average Bonchev–Trinajstić information content (AvgIpc) is 2.79. The molecule has 132 valence electrons. The molecule has 0 spiro atoms. The number of alkyl halides is 6. The number of urea groups is 1. The lowest BCUT2D eigenvalue weighted by atomic mass is 10.0. The zero-order valence-electron chi connectivity index (χ0n) is 11.6. The van der Waals surface area contributed by atoms with Crippen molar-refractivity contribution in [2.24, 2.45) is 0 Å². The highest BCUT2D eigenvalue weighted by atomic mass is 35.5. The number of nitrogens with zero attached hydrogens (tertiary/aromatic N) is 1. The van der Waals surface area contributed by atoms with E-state index < -0.39 is 23.9 Å². The Kier molecular flexibility index (Phi) is 4.61. The van der Waals surface area contributed by atoms with Gasteiger partial charge < -0.3 is 5.32 Å². The molecule has 4 nitrogen and oxygen atoms in total. The Bertz CT molecular complexity index is 758. The zero-order chi connectivity index (χ0) is 18.3. The van der Waals surface area contributed by atoms with Gasteiger partial charge in [-0.3, -0.25) is 5.32 Å². The molecule has 1 heterocycles. The Labute approximate surface area is 139 Å². The molecule has 12 heteroatoms. The molecular weight excluding hydrogens is 384 g/mol. The highest BCUT2D eigenvalue weighted by Gasteiger charge is 2.68. The highest BCUT2D eigenvalue weighted by molar-refractivity contribution is 7.22. The summed E-state index contributed by atoms with van der Waals surface area (Å²) in [5, 5.41) is 2.81. The molecule has 24 heavy (non-hydrogen) atoms. The van der Waals surface area contributed by atoms with Gasteiger partial charge in [0.25, 0.3) is 0 Å². The third kappa shape index (κ3) is 3.36. The fraction of sp³-hybridized carbons (Fsp3) is 0.333. The minimum Gasteiger partial charge on any atom is -0.316 e. The van der Waals surface area contributed by atoms with E-state index in [1.54, 1.807) is 12.1 Å². The lowest BCUT2D eigenvalue weighted by Gasteiger charge is -2.34. The van der Waals surface area contributed by atoms with E-state index in [2.05, 4.69) is 4.98 Å². The van der Waals surface area contributed by atoms with Crippen LogP contribution in [0.15, 0.2) is 18.2 Å². The molecule has 0 bridgehead atoms. The van der Waals surface area contributed by atoms with Crippen molar-refractivity contribution in [1.82, 2.24) is 10.3 Å². The van der Waals surface area contributed by atoms with E-state index in [0.29, 0.717) is 4.70 Å². The minimum atomic E-state index is -5.74. The first kappa shape index (κ1) is 18.6. The first-order chi connectivity index (χ1) is 10.8. The molecule has 1 aromatic heterocycles. The fourth-order valence-corrected chi connectivity index (χ4v) is 2.79. The summed E-state index contributed by atoms with van der Waals surface area (Å²) in [6.07, 6.45) is -11.5. The molecular formula is C12H8ClF6N3OS. The molecule has 0 aliphatic heterocycles. The number of thiazole rings is 1. The molecule has 0 saturated heterocycles. The number of hydrogen-bond donors (Lipinski definition) is 2. The second kappa shape index (κ2) is 5.96. The van der Waals surface area contributed by atoms with Crippen molar-refractivity contribution in [3.8, 4) is 0 Å². The lowest BCUT2D eigenvalue weighted by molar-refractivity contribution is -0.297. The molecule has 1 aromatic carbocycles. The second-order valence-corrected chi connectivity index (χ2v) is 6.24. The van der Waals surface area contributed by atoms with E-state index in [0.717, 1.165) is 16.7 Å². The summed E-state index contributed by atoms with van der Waals surface area (Å²) in [5.74, 6) is 0. The molecule has 0 aliphatic rings. The molecule has 0 radical (unpaired) electrons. The Morgan fingerprint density at radius 3 is 2.25 bits per heavy atom. The summed E-state index contributed by atoms with van der Waals surface area (Å²) in [6.45, 7) is -0.165. The third-order valence-electron chi connectivity index (χ3n) is 3.09. The van der Waals surface area contributed by atoms with E-state index in [9.17, 15) is 31.1 Å². The number of anilines is 1. The molecule has 0 saturated carbocycles. The predicted octanol–water partition coefficient (Wildman–Crippen LogP) is 4.95. The van der Waals surface area contributed by atoms with Gasteiger partial charge in [0, 0.05) is 0 Å². The average molecular weight is 392 g/mol. The number of hydrogen-bond acceptors (Lipinski definition) is 3. The van der Waals surface area contributed by atoms with Crippen molar-refractivity contribution < 1.29 is 31.1 Å². The third-order valence-corrected chi connectivity index (χ3v) is 4.33. The minimum absolute atomic E-state index is 0.165. The van der Waals surface area contributed by atoms with Crippen molar-refractivity contribution in [3.63, 3.8) is 0 Å². The smallest absolute Gasteiger partial charge is 0.316 e. The molecule has 2 amide bonds. The van der Waals surface area contributed by atoms with Crippen molar-refractivity contribution >= 4 is 44.3 Å². The Morgan fingerprint density at radius 2 is 1.75 bits per heavy atom. The number of amides is 2. The number of benzene rings is 1. The summed E-state index contributed by atoms with van der Waals surface area (Å²) >= 11 is 6.70. The number of fused-ring (bicyclic) bond motifs is 1. The van der Waals surface area contributed by atoms with Crippen LogP contribution in [-0.2, 0) is 0 Å². The van der Waals surface area contributed by atoms with E-state index >= 15 is 0 Å². The first-order valence-electron chi connectivity index (χ1n) is 6.13. The summed E-state index contributed by atoms with van der Waals surface area (Å²) in [4.78, 5) is 15.5.